The Kier molecular flexibility index (Phi) is 3.22. The molecular weight excluding hydrogens is 152 g/mol. The summed E-state index contributed by atoms with van der Waals surface area (Å²) in [6.07, 6.45) is 3.09. The molecule has 1 heterocycles. The Bertz CT molecular complexity index is 229. The van der Waals surface area contributed by atoms with Gasteiger partial charge < -0.3 is 4.90 Å². The molecule has 0 fully saturated rings. The Hall–Kier alpha value is -0.900. The van der Waals surface area contributed by atoms with Gasteiger partial charge in [-0.15, -0.1) is 5.10 Å². The Balaban J connectivity index is 2.24. The van der Waals surface area contributed by atoms with E-state index < -0.39 is 0 Å². The largest absolute Gasteiger partial charge is 0.309 e. The van der Waals surface area contributed by atoms with Gasteiger partial charge in [-0.1, -0.05) is 5.21 Å². The van der Waals surface area contributed by atoms with Crippen LogP contribution < -0.4 is 0 Å². The molecule has 0 N–H and O–H groups in total. The average molecular weight is 168 g/mol. The van der Waals surface area contributed by atoms with E-state index >= 15 is 0 Å². The lowest BCUT2D eigenvalue weighted by molar-refractivity contribution is 0.379. The van der Waals surface area contributed by atoms with Crippen LogP contribution in [-0.2, 0) is 6.54 Å². The Labute approximate surface area is 73.2 Å². The van der Waals surface area contributed by atoms with Crippen molar-refractivity contribution in [2.45, 2.75) is 19.9 Å². The van der Waals surface area contributed by atoms with Crippen LogP contribution in [0.2, 0.25) is 0 Å². The number of nitrogens with zero attached hydrogens (tertiary/aromatic N) is 4. The molecule has 4 nitrogen and oxygen atoms in total. The quantitative estimate of drug-likeness (QED) is 0.658. The number of hydrogen-bond acceptors (Lipinski definition) is 3. The highest BCUT2D eigenvalue weighted by Crippen LogP contribution is 1.92. The van der Waals surface area contributed by atoms with Crippen molar-refractivity contribution in [3.05, 3.63) is 11.9 Å². The Morgan fingerprint density at radius 2 is 2.25 bits per heavy atom. The van der Waals surface area contributed by atoms with Crippen LogP contribution in [0.5, 0.6) is 0 Å². The highest BCUT2D eigenvalue weighted by Gasteiger charge is 1.95. The second-order valence-electron chi connectivity index (χ2n) is 3.28. The van der Waals surface area contributed by atoms with Crippen LogP contribution in [0.25, 0.3) is 0 Å². The smallest absolute Gasteiger partial charge is 0.0796 e. The normalized spacial score (nSPS) is 11.0. The van der Waals surface area contributed by atoms with Gasteiger partial charge in [-0.3, -0.25) is 4.68 Å². The van der Waals surface area contributed by atoms with Crippen LogP contribution in [0.15, 0.2) is 6.20 Å². The van der Waals surface area contributed by atoms with Gasteiger partial charge in [0.1, 0.15) is 0 Å². The summed E-state index contributed by atoms with van der Waals surface area (Å²) in [4.78, 5) is 2.17. The van der Waals surface area contributed by atoms with E-state index in [1.54, 1.807) is 0 Å². The maximum absolute atomic E-state index is 3.96. The fraction of sp³-hybridized carbons (Fsp3) is 0.750. The predicted molar refractivity (Wildman–Crippen MR) is 47.9 cm³/mol. The molecule has 0 unspecified atom stereocenters. The van der Waals surface area contributed by atoms with Crippen LogP contribution in [0.4, 0.5) is 0 Å². The van der Waals surface area contributed by atoms with Gasteiger partial charge in [-0.05, 0) is 34.0 Å². The molecular formula is C8H16N4. The van der Waals surface area contributed by atoms with Gasteiger partial charge in [0.2, 0.25) is 0 Å². The topological polar surface area (TPSA) is 34.0 Å². The summed E-state index contributed by atoms with van der Waals surface area (Å²) in [6.45, 7) is 4.01. The third-order valence-corrected chi connectivity index (χ3v) is 1.65. The fourth-order valence-electron chi connectivity index (χ4n) is 1.05. The van der Waals surface area contributed by atoms with Gasteiger partial charge in [0.15, 0.2) is 0 Å². The van der Waals surface area contributed by atoms with Gasteiger partial charge in [0, 0.05) is 12.7 Å². The predicted octanol–water partition coefficient (Wildman–Crippen LogP) is 0.538. The minimum absolute atomic E-state index is 0.957. The molecule has 0 atom stereocenters. The fourth-order valence-corrected chi connectivity index (χ4v) is 1.05. The summed E-state index contributed by atoms with van der Waals surface area (Å²) in [7, 11) is 4.15. The second kappa shape index (κ2) is 4.21. The molecule has 1 aromatic heterocycles. The first kappa shape index (κ1) is 9.19. The SMILES string of the molecule is Cc1cn(CCCN(C)C)nn1. The summed E-state index contributed by atoms with van der Waals surface area (Å²) in [5.41, 5.74) is 0.986. The van der Waals surface area contributed by atoms with E-state index in [4.69, 9.17) is 0 Å². The van der Waals surface area contributed by atoms with E-state index in [1.165, 1.54) is 0 Å². The number of hydrogen-bond donors (Lipinski definition) is 0. The maximum atomic E-state index is 3.96. The first-order chi connectivity index (χ1) is 5.68. The van der Waals surface area contributed by atoms with E-state index in [0.717, 1.165) is 25.2 Å². The van der Waals surface area contributed by atoms with Crippen LogP contribution in [0, 0.1) is 6.92 Å². The van der Waals surface area contributed by atoms with Gasteiger partial charge >= 0.3 is 0 Å². The monoisotopic (exact) mass is 168 g/mol. The van der Waals surface area contributed by atoms with Crippen molar-refractivity contribution in [3.8, 4) is 0 Å². The molecule has 0 saturated heterocycles. The molecule has 0 aliphatic heterocycles. The molecule has 4 heteroatoms. The van der Waals surface area contributed by atoms with Crippen LogP contribution in [-0.4, -0.2) is 40.5 Å². The molecule has 0 spiro atoms. The van der Waals surface area contributed by atoms with E-state index in [1.807, 2.05) is 17.8 Å². The van der Waals surface area contributed by atoms with Crippen molar-refractivity contribution in [1.82, 2.24) is 19.9 Å². The number of aryl methyl sites for hydroxylation is 2. The van der Waals surface area contributed by atoms with Gasteiger partial charge in [-0.2, -0.15) is 0 Å². The zero-order chi connectivity index (χ0) is 8.97. The lowest BCUT2D eigenvalue weighted by atomic mass is 10.4. The summed E-state index contributed by atoms with van der Waals surface area (Å²) in [5, 5.41) is 7.87. The highest BCUT2D eigenvalue weighted by molar-refractivity contribution is 4.86. The number of aromatic nitrogens is 3. The molecule has 0 aromatic carbocycles. The molecule has 12 heavy (non-hydrogen) atoms. The van der Waals surface area contributed by atoms with Gasteiger partial charge in [0.05, 0.1) is 5.69 Å². The molecule has 0 bridgehead atoms. The van der Waals surface area contributed by atoms with Crippen molar-refractivity contribution in [2.24, 2.45) is 0 Å². The molecule has 0 radical (unpaired) electrons. The molecule has 1 aromatic rings. The standard InChI is InChI=1S/C8H16N4/c1-8-7-12(10-9-8)6-4-5-11(2)3/h7H,4-6H2,1-3H3. The van der Waals surface area contributed by atoms with Crippen molar-refractivity contribution >= 4 is 0 Å². The van der Waals surface area contributed by atoms with Crippen molar-refractivity contribution in [2.75, 3.05) is 20.6 Å². The third kappa shape index (κ3) is 3.00. The molecule has 0 aliphatic rings. The summed E-state index contributed by atoms with van der Waals surface area (Å²) < 4.78 is 1.89. The second-order valence-corrected chi connectivity index (χ2v) is 3.28. The minimum atomic E-state index is 0.957. The van der Waals surface area contributed by atoms with Gasteiger partial charge in [-0.25, -0.2) is 0 Å². The lowest BCUT2D eigenvalue weighted by Gasteiger charge is -2.07. The zero-order valence-electron chi connectivity index (χ0n) is 7.99. The van der Waals surface area contributed by atoms with E-state index in [9.17, 15) is 0 Å². The lowest BCUT2D eigenvalue weighted by Crippen LogP contribution is -2.15. The summed E-state index contributed by atoms with van der Waals surface area (Å²) in [5.74, 6) is 0. The van der Waals surface area contributed by atoms with Crippen molar-refractivity contribution < 1.29 is 0 Å². The highest BCUT2D eigenvalue weighted by atomic mass is 15.4. The number of rotatable bonds is 4. The summed E-state index contributed by atoms with van der Waals surface area (Å²) in [6, 6.07) is 0. The van der Waals surface area contributed by atoms with Crippen molar-refractivity contribution in [3.63, 3.8) is 0 Å². The van der Waals surface area contributed by atoms with E-state index in [-0.39, 0.29) is 0 Å². The molecule has 0 aliphatic carbocycles. The molecule has 0 saturated carbocycles. The maximum Gasteiger partial charge on any atom is 0.0796 e. The molecule has 0 amide bonds. The van der Waals surface area contributed by atoms with Gasteiger partial charge in [0.25, 0.3) is 0 Å². The van der Waals surface area contributed by atoms with Crippen molar-refractivity contribution in [1.29, 1.82) is 0 Å². The van der Waals surface area contributed by atoms with Crippen LogP contribution in [0.1, 0.15) is 12.1 Å². The molecule has 1 rings (SSSR count). The zero-order valence-corrected chi connectivity index (χ0v) is 7.99. The first-order valence-corrected chi connectivity index (χ1v) is 4.20. The Morgan fingerprint density at radius 1 is 1.50 bits per heavy atom. The van der Waals surface area contributed by atoms with E-state index in [2.05, 4.69) is 29.3 Å². The Morgan fingerprint density at radius 3 is 2.75 bits per heavy atom. The first-order valence-electron chi connectivity index (χ1n) is 4.20. The summed E-state index contributed by atoms with van der Waals surface area (Å²) >= 11 is 0. The average Bonchev–Trinajstić information content (AvgIpc) is 2.35. The van der Waals surface area contributed by atoms with Crippen LogP contribution in [0.3, 0.4) is 0 Å². The van der Waals surface area contributed by atoms with Crippen LogP contribution >= 0.6 is 0 Å². The molecule has 68 valence electrons. The van der Waals surface area contributed by atoms with E-state index in [0.29, 0.717) is 0 Å². The minimum Gasteiger partial charge on any atom is -0.309 e. The third-order valence-electron chi connectivity index (χ3n) is 1.65.